The van der Waals surface area contributed by atoms with Crippen molar-refractivity contribution in [2.24, 2.45) is 0 Å². The Balaban J connectivity index is 1.47. The number of nitrogens with zero attached hydrogens (tertiary/aromatic N) is 3. The Morgan fingerprint density at radius 1 is 1.10 bits per heavy atom. The van der Waals surface area contributed by atoms with E-state index in [1.54, 1.807) is 29.1 Å². The predicted octanol–water partition coefficient (Wildman–Crippen LogP) is 7.39. The zero-order chi connectivity index (χ0) is 29.6. The Kier molecular flexibility index (Phi) is 7.42. The molecule has 218 valence electrons. The van der Waals surface area contributed by atoms with Crippen LogP contribution in [0.1, 0.15) is 46.4 Å². The molecule has 6 rings (SSSR count). The summed E-state index contributed by atoms with van der Waals surface area (Å²) in [5.41, 5.74) is 3.29. The molecule has 1 aliphatic heterocycles. The van der Waals surface area contributed by atoms with Gasteiger partial charge in [-0.2, -0.15) is 18.3 Å². The number of alkyl halides is 3. The van der Waals surface area contributed by atoms with Crippen LogP contribution in [-0.4, -0.2) is 39.3 Å². The van der Waals surface area contributed by atoms with Crippen molar-refractivity contribution in [3.63, 3.8) is 0 Å². The van der Waals surface area contributed by atoms with Gasteiger partial charge in [-0.05, 0) is 72.5 Å². The minimum Gasteiger partial charge on any atom is -0.382 e. The number of amides is 1. The van der Waals surface area contributed by atoms with E-state index >= 15 is 4.39 Å². The summed E-state index contributed by atoms with van der Waals surface area (Å²) in [4.78, 5) is 17.1. The lowest BCUT2D eigenvalue weighted by Crippen LogP contribution is -2.26. The van der Waals surface area contributed by atoms with Crippen molar-refractivity contribution in [1.82, 2.24) is 19.9 Å². The lowest BCUT2D eigenvalue weighted by Gasteiger charge is -2.28. The van der Waals surface area contributed by atoms with Gasteiger partial charge in [-0.25, -0.2) is 18.3 Å². The fourth-order valence-electron chi connectivity index (χ4n) is 4.77. The second-order valence-corrected chi connectivity index (χ2v) is 12.6. The van der Waals surface area contributed by atoms with Gasteiger partial charge < -0.3 is 10.6 Å². The van der Waals surface area contributed by atoms with E-state index in [1.807, 2.05) is 13.0 Å². The van der Waals surface area contributed by atoms with Crippen molar-refractivity contribution in [2.45, 2.75) is 42.5 Å². The average Bonchev–Trinajstić information content (AvgIpc) is 3.42. The maximum Gasteiger partial charge on any atom is 0.390 e. The molecule has 0 bridgehead atoms. The van der Waals surface area contributed by atoms with E-state index in [-0.39, 0.29) is 34.5 Å². The molecule has 1 amide bonds. The standard InChI is InChI=1S/C29H24F5N5OS2/c1-16-12-17(2-6-20(16)27(40)37-19-4-5-19)24-15-36-26-23(35-9-8-28(32,33)34)14-25(38-39(24)26)29(41-10-11-42-29)21-13-18(30)3-7-22(21)31/h2-3,6-7,10-15,19,35H,4-5,8-9H2,1H3,(H,37,40). The topological polar surface area (TPSA) is 71.3 Å². The molecule has 0 saturated heterocycles. The number of carbonyl (C=O) groups excluding carboxylic acids is 1. The second-order valence-electron chi connectivity index (χ2n) is 10.1. The number of benzene rings is 2. The van der Waals surface area contributed by atoms with Crippen LogP contribution in [-0.2, 0) is 4.08 Å². The molecule has 42 heavy (non-hydrogen) atoms. The molecule has 1 aliphatic carbocycles. The zero-order valence-corrected chi connectivity index (χ0v) is 23.8. The Morgan fingerprint density at radius 2 is 1.86 bits per heavy atom. The maximum atomic E-state index is 15.2. The minimum atomic E-state index is -4.38. The summed E-state index contributed by atoms with van der Waals surface area (Å²) in [5.74, 6) is -1.43. The fourth-order valence-corrected chi connectivity index (χ4v) is 7.17. The molecule has 1 saturated carbocycles. The highest BCUT2D eigenvalue weighted by Gasteiger charge is 2.42. The number of hydrogen-bond acceptors (Lipinski definition) is 6. The summed E-state index contributed by atoms with van der Waals surface area (Å²) >= 11 is 2.43. The molecule has 3 heterocycles. The number of hydrogen-bond donors (Lipinski definition) is 2. The van der Waals surface area contributed by atoms with Crippen molar-refractivity contribution in [3.8, 4) is 11.3 Å². The Bertz CT molecular complexity index is 1710. The predicted molar refractivity (Wildman–Crippen MR) is 154 cm³/mol. The molecule has 0 radical (unpaired) electrons. The van der Waals surface area contributed by atoms with E-state index in [9.17, 15) is 22.4 Å². The summed E-state index contributed by atoms with van der Waals surface area (Å²) in [5, 5.41) is 14.1. The smallest absolute Gasteiger partial charge is 0.382 e. The molecular formula is C29H24F5N5OS2. The molecular weight excluding hydrogens is 593 g/mol. The van der Waals surface area contributed by atoms with Gasteiger partial charge in [-0.15, -0.1) is 23.5 Å². The van der Waals surface area contributed by atoms with Gasteiger partial charge in [0.2, 0.25) is 0 Å². The zero-order valence-electron chi connectivity index (χ0n) is 22.1. The number of rotatable bonds is 8. The van der Waals surface area contributed by atoms with Gasteiger partial charge in [0.15, 0.2) is 5.65 Å². The summed E-state index contributed by atoms with van der Waals surface area (Å²) in [6.07, 6.45) is -1.99. The van der Waals surface area contributed by atoms with E-state index in [0.29, 0.717) is 16.8 Å². The lowest BCUT2D eigenvalue weighted by molar-refractivity contribution is -0.131. The van der Waals surface area contributed by atoms with Crippen LogP contribution in [0.4, 0.5) is 27.6 Å². The molecule has 0 spiro atoms. The van der Waals surface area contributed by atoms with Crippen molar-refractivity contribution >= 4 is 40.8 Å². The van der Waals surface area contributed by atoms with E-state index < -0.39 is 34.9 Å². The van der Waals surface area contributed by atoms with Crippen molar-refractivity contribution in [1.29, 1.82) is 0 Å². The van der Waals surface area contributed by atoms with Crippen LogP contribution in [0.3, 0.4) is 0 Å². The number of aryl methyl sites for hydroxylation is 1. The summed E-state index contributed by atoms with van der Waals surface area (Å²) in [7, 11) is 0. The monoisotopic (exact) mass is 617 g/mol. The maximum absolute atomic E-state index is 15.2. The number of imidazole rings is 1. The molecule has 2 aromatic heterocycles. The number of halogens is 5. The number of aromatic nitrogens is 3. The second kappa shape index (κ2) is 10.9. The highest BCUT2D eigenvalue weighted by molar-refractivity contribution is 8.23. The van der Waals surface area contributed by atoms with Crippen LogP contribution in [0, 0.1) is 18.6 Å². The van der Waals surface area contributed by atoms with Crippen LogP contribution in [0.2, 0.25) is 0 Å². The van der Waals surface area contributed by atoms with Gasteiger partial charge in [0.05, 0.1) is 29.7 Å². The van der Waals surface area contributed by atoms with Gasteiger partial charge in [-0.3, -0.25) is 4.79 Å². The highest BCUT2D eigenvalue weighted by Crippen LogP contribution is 2.57. The highest BCUT2D eigenvalue weighted by atomic mass is 32.2. The van der Waals surface area contributed by atoms with Crippen molar-refractivity contribution < 1.29 is 26.7 Å². The van der Waals surface area contributed by atoms with Crippen molar-refractivity contribution in [3.05, 3.63) is 93.5 Å². The van der Waals surface area contributed by atoms with E-state index in [0.717, 1.165) is 36.6 Å². The number of nitrogens with one attached hydrogen (secondary N) is 2. The number of anilines is 1. The van der Waals surface area contributed by atoms with E-state index in [4.69, 9.17) is 5.10 Å². The SMILES string of the molecule is Cc1cc(-c2cnc3c(NCCC(F)(F)F)cc(C4(c5cc(F)ccc5F)SC=CS4)nn23)ccc1C(=O)NC1CC1. The van der Waals surface area contributed by atoms with Crippen LogP contribution >= 0.6 is 23.5 Å². The third kappa shape index (κ3) is 5.59. The molecule has 2 aromatic carbocycles. The third-order valence-corrected chi connectivity index (χ3v) is 9.83. The van der Waals surface area contributed by atoms with Gasteiger partial charge in [0.1, 0.15) is 15.7 Å². The first-order chi connectivity index (χ1) is 20.0. The van der Waals surface area contributed by atoms with Crippen LogP contribution in [0.5, 0.6) is 0 Å². The molecule has 2 aliphatic rings. The van der Waals surface area contributed by atoms with Crippen LogP contribution in [0.25, 0.3) is 16.9 Å². The fraction of sp³-hybridized carbons (Fsp3) is 0.276. The third-order valence-electron chi connectivity index (χ3n) is 7.01. The summed E-state index contributed by atoms with van der Waals surface area (Å²) in [6, 6.07) is 10.2. The van der Waals surface area contributed by atoms with E-state index in [2.05, 4.69) is 15.6 Å². The Morgan fingerprint density at radius 3 is 2.55 bits per heavy atom. The normalized spacial score (nSPS) is 16.2. The number of fused-ring (bicyclic) bond motifs is 1. The molecule has 6 nitrogen and oxygen atoms in total. The average molecular weight is 618 g/mol. The Labute approximate surface area is 246 Å². The quantitative estimate of drug-likeness (QED) is 0.201. The lowest BCUT2D eigenvalue weighted by atomic mass is 10.0. The van der Waals surface area contributed by atoms with Gasteiger partial charge in [0, 0.05) is 29.3 Å². The molecule has 4 aromatic rings. The van der Waals surface area contributed by atoms with Crippen LogP contribution in [0.15, 0.2) is 59.5 Å². The molecule has 2 N–H and O–H groups in total. The van der Waals surface area contributed by atoms with Gasteiger partial charge in [-0.1, -0.05) is 6.07 Å². The first kappa shape index (κ1) is 28.5. The molecule has 0 atom stereocenters. The van der Waals surface area contributed by atoms with Gasteiger partial charge in [0.25, 0.3) is 5.91 Å². The first-order valence-electron chi connectivity index (χ1n) is 13.1. The summed E-state index contributed by atoms with van der Waals surface area (Å²) in [6.45, 7) is 1.39. The summed E-state index contributed by atoms with van der Waals surface area (Å²) < 4.78 is 68.7. The van der Waals surface area contributed by atoms with E-state index in [1.165, 1.54) is 34.1 Å². The molecule has 0 unspecified atom stereocenters. The van der Waals surface area contributed by atoms with Gasteiger partial charge >= 0.3 is 6.18 Å². The number of carbonyl (C=O) groups is 1. The number of thioether (sulfide) groups is 2. The Hall–Kier alpha value is -3.58. The van der Waals surface area contributed by atoms with Crippen molar-refractivity contribution in [2.75, 3.05) is 11.9 Å². The molecule has 1 fully saturated rings. The molecule has 13 heteroatoms. The minimum absolute atomic E-state index is 0.0409. The first-order valence-corrected chi connectivity index (χ1v) is 14.9. The largest absolute Gasteiger partial charge is 0.390 e. The van der Waals surface area contributed by atoms with Crippen LogP contribution < -0.4 is 10.6 Å².